The van der Waals surface area contributed by atoms with Crippen molar-refractivity contribution in [2.24, 2.45) is 0 Å². The number of carbonyl (C=O) groups excluding carboxylic acids is 3. The van der Waals surface area contributed by atoms with Crippen molar-refractivity contribution in [3.63, 3.8) is 0 Å². The van der Waals surface area contributed by atoms with Crippen LogP contribution in [0.15, 0.2) is 77.7 Å². The largest absolute Gasteiger partial charge is 0.488 e. The van der Waals surface area contributed by atoms with Crippen LogP contribution in [0, 0.1) is 9.39 Å². The summed E-state index contributed by atoms with van der Waals surface area (Å²) in [7, 11) is 0. The molecule has 0 radical (unpaired) electrons. The number of carbonyl (C=O) groups is 3. The lowest BCUT2D eigenvalue weighted by atomic mass is 10.1. The van der Waals surface area contributed by atoms with Gasteiger partial charge in [0, 0.05) is 14.8 Å². The number of hydrogen-bond donors (Lipinski definition) is 1. The molecule has 0 atom stereocenters. The van der Waals surface area contributed by atoms with Gasteiger partial charge in [-0.25, -0.2) is 4.39 Å². The fraction of sp³-hybridized carbons (Fsp3) is 0.0800. The van der Waals surface area contributed by atoms with E-state index in [0.29, 0.717) is 17.9 Å². The molecule has 0 aromatic heterocycles. The number of nitrogens with one attached hydrogen (secondary N) is 1. The van der Waals surface area contributed by atoms with Crippen LogP contribution in [0.5, 0.6) is 5.75 Å². The Morgan fingerprint density at radius 2 is 1.82 bits per heavy atom. The van der Waals surface area contributed by atoms with Crippen LogP contribution in [0.4, 0.5) is 14.9 Å². The first-order valence-corrected chi connectivity index (χ1v) is 12.1. The molecule has 3 aromatic rings. The maximum atomic E-state index is 13.3. The number of amides is 3. The highest BCUT2D eigenvalue weighted by Crippen LogP contribution is 2.34. The van der Waals surface area contributed by atoms with E-state index >= 15 is 0 Å². The number of halogens is 2. The van der Waals surface area contributed by atoms with Crippen LogP contribution in [0.1, 0.15) is 11.1 Å². The molecule has 3 amide bonds. The maximum absolute atomic E-state index is 13.3. The summed E-state index contributed by atoms with van der Waals surface area (Å²) in [5, 5.41) is 1.93. The molecule has 0 saturated carbocycles. The van der Waals surface area contributed by atoms with E-state index in [2.05, 4.69) is 27.9 Å². The molecule has 1 aliphatic heterocycles. The summed E-state index contributed by atoms with van der Waals surface area (Å²) >= 11 is 2.99. The highest BCUT2D eigenvalue weighted by atomic mass is 127. The van der Waals surface area contributed by atoms with Crippen molar-refractivity contribution in [1.29, 1.82) is 0 Å². The normalized spacial score (nSPS) is 14.5. The fourth-order valence-corrected chi connectivity index (χ4v) is 4.35. The number of imide groups is 1. The van der Waals surface area contributed by atoms with E-state index in [0.717, 1.165) is 31.9 Å². The van der Waals surface area contributed by atoms with Gasteiger partial charge in [-0.05, 0) is 82.4 Å². The molecule has 0 aliphatic carbocycles. The minimum atomic E-state index is -0.601. The summed E-state index contributed by atoms with van der Waals surface area (Å²) in [4.78, 5) is 38.6. The van der Waals surface area contributed by atoms with Crippen molar-refractivity contribution in [2.75, 3.05) is 11.9 Å². The molecule has 34 heavy (non-hydrogen) atoms. The lowest BCUT2D eigenvalue weighted by molar-refractivity contribution is -0.127. The zero-order valence-corrected chi connectivity index (χ0v) is 20.6. The standard InChI is InChI=1S/C25H18FIN2O4S/c26-18-5-3-6-20(13-18)28-23(30)14-29-24(31)22(34-25(29)32)12-17-4-1-2-7-21(17)33-15-16-8-10-19(27)11-9-16/h1-13H,14-15H2,(H,28,30)/b22-12+. The fourth-order valence-electron chi connectivity index (χ4n) is 3.16. The van der Waals surface area contributed by atoms with Crippen molar-refractivity contribution in [3.8, 4) is 5.75 Å². The van der Waals surface area contributed by atoms with Gasteiger partial charge in [0.05, 0.1) is 4.91 Å². The lowest BCUT2D eigenvalue weighted by Crippen LogP contribution is -2.36. The van der Waals surface area contributed by atoms with E-state index in [-0.39, 0.29) is 10.6 Å². The first-order chi connectivity index (χ1) is 16.4. The molecule has 1 fully saturated rings. The number of nitrogens with zero attached hydrogens (tertiary/aromatic N) is 1. The predicted molar refractivity (Wildman–Crippen MR) is 138 cm³/mol. The van der Waals surface area contributed by atoms with Gasteiger partial charge in [-0.3, -0.25) is 19.3 Å². The van der Waals surface area contributed by atoms with Gasteiger partial charge < -0.3 is 10.1 Å². The van der Waals surface area contributed by atoms with Crippen molar-refractivity contribution in [2.45, 2.75) is 6.61 Å². The van der Waals surface area contributed by atoms with E-state index in [1.165, 1.54) is 18.2 Å². The second kappa shape index (κ2) is 10.8. The molecular weight excluding hydrogens is 570 g/mol. The molecule has 3 aromatic carbocycles. The minimum absolute atomic E-state index is 0.189. The van der Waals surface area contributed by atoms with Gasteiger partial charge >= 0.3 is 0 Å². The molecular formula is C25H18FIN2O4S. The summed E-state index contributed by atoms with van der Waals surface area (Å²) in [5.41, 5.74) is 1.88. The Labute approximate surface area is 213 Å². The Hall–Kier alpha value is -3.18. The van der Waals surface area contributed by atoms with E-state index < -0.39 is 29.4 Å². The summed E-state index contributed by atoms with van der Waals surface area (Å²) < 4.78 is 20.4. The molecule has 1 N–H and O–H groups in total. The Bertz CT molecular complexity index is 1280. The van der Waals surface area contributed by atoms with Crippen molar-refractivity contribution in [1.82, 2.24) is 4.90 Å². The van der Waals surface area contributed by atoms with Crippen LogP contribution in [0.3, 0.4) is 0 Å². The van der Waals surface area contributed by atoms with Crippen LogP contribution in [0.2, 0.25) is 0 Å². The smallest absolute Gasteiger partial charge is 0.294 e. The second-order valence-corrected chi connectivity index (χ2v) is 9.52. The van der Waals surface area contributed by atoms with Crippen LogP contribution in [-0.4, -0.2) is 28.5 Å². The third-order valence-corrected chi connectivity index (χ3v) is 6.42. The van der Waals surface area contributed by atoms with Crippen LogP contribution in [-0.2, 0) is 16.2 Å². The average Bonchev–Trinajstić information content (AvgIpc) is 3.07. The van der Waals surface area contributed by atoms with Crippen LogP contribution >= 0.6 is 34.4 Å². The molecule has 1 heterocycles. The molecule has 0 unspecified atom stereocenters. The third kappa shape index (κ3) is 6.03. The summed E-state index contributed by atoms with van der Waals surface area (Å²) in [6, 6.07) is 20.5. The minimum Gasteiger partial charge on any atom is -0.488 e. The summed E-state index contributed by atoms with van der Waals surface area (Å²) in [6.45, 7) is -0.118. The quantitative estimate of drug-likeness (QED) is 0.284. The highest BCUT2D eigenvalue weighted by Gasteiger charge is 2.36. The third-order valence-electron chi connectivity index (χ3n) is 4.80. The molecule has 0 spiro atoms. The van der Waals surface area contributed by atoms with E-state index in [1.807, 2.05) is 30.3 Å². The first-order valence-electron chi connectivity index (χ1n) is 10.2. The number of rotatable bonds is 7. The van der Waals surface area contributed by atoms with Gasteiger partial charge in [0.25, 0.3) is 11.1 Å². The first kappa shape index (κ1) is 24.0. The molecule has 1 aliphatic rings. The number of anilines is 1. The van der Waals surface area contributed by atoms with Crippen LogP contribution in [0.25, 0.3) is 6.08 Å². The number of hydrogen-bond acceptors (Lipinski definition) is 5. The Balaban J connectivity index is 1.44. The Kier molecular flexibility index (Phi) is 7.63. The van der Waals surface area contributed by atoms with Crippen molar-refractivity contribution < 1.29 is 23.5 Å². The summed E-state index contributed by atoms with van der Waals surface area (Å²) in [5.74, 6) is -1.11. The van der Waals surface area contributed by atoms with Gasteiger partial charge in [0.1, 0.15) is 24.7 Å². The van der Waals surface area contributed by atoms with Gasteiger partial charge in [-0.1, -0.05) is 36.4 Å². The van der Waals surface area contributed by atoms with Gasteiger partial charge in [-0.15, -0.1) is 0 Å². The molecule has 4 rings (SSSR count). The van der Waals surface area contributed by atoms with Gasteiger partial charge in [0.15, 0.2) is 0 Å². The number of thioether (sulfide) groups is 1. The van der Waals surface area contributed by atoms with E-state index in [1.54, 1.807) is 24.3 Å². The Morgan fingerprint density at radius 3 is 2.59 bits per heavy atom. The lowest BCUT2D eigenvalue weighted by Gasteiger charge is -2.12. The van der Waals surface area contributed by atoms with Gasteiger partial charge in [-0.2, -0.15) is 0 Å². The van der Waals surface area contributed by atoms with Crippen molar-refractivity contribution in [3.05, 3.63) is 98.2 Å². The molecule has 6 nitrogen and oxygen atoms in total. The Morgan fingerprint density at radius 1 is 1.06 bits per heavy atom. The SMILES string of the molecule is O=C(CN1C(=O)S/C(=C/c2ccccc2OCc2ccc(I)cc2)C1=O)Nc1cccc(F)c1. The average molecular weight is 588 g/mol. The van der Waals surface area contributed by atoms with E-state index in [4.69, 9.17) is 4.74 Å². The molecule has 9 heteroatoms. The monoisotopic (exact) mass is 588 g/mol. The molecule has 0 bridgehead atoms. The molecule has 1 saturated heterocycles. The summed E-state index contributed by atoms with van der Waals surface area (Å²) in [6.07, 6.45) is 1.58. The number of para-hydroxylation sites is 1. The topological polar surface area (TPSA) is 75.7 Å². The maximum Gasteiger partial charge on any atom is 0.294 e. The van der Waals surface area contributed by atoms with E-state index in [9.17, 15) is 18.8 Å². The zero-order chi connectivity index (χ0) is 24.1. The van der Waals surface area contributed by atoms with Crippen LogP contribution < -0.4 is 10.1 Å². The van der Waals surface area contributed by atoms with Crippen molar-refractivity contribution >= 4 is 63.2 Å². The highest BCUT2D eigenvalue weighted by molar-refractivity contribution is 14.1. The molecule has 172 valence electrons. The number of ether oxygens (including phenoxy) is 1. The zero-order valence-electron chi connectivity index (χ0n) is 17.7. The van der Waals surface area contributed by atoms with Gasteiger partial charge in [0.2, 0.25) is 5.91 Å². The predicted octanol–water partition coefficient (Wildman–Crippen LogP) is 5.68. The number of benzene rings is 3. The second-order valence-electron chi connectivity index (χ2n) is 7.28.